The second-order valence-corrected chi connectivity index (χ2v) is 10.1. The lowest BCUT2D eigenvalue weighted by molar-refractivity contribution is -0.141. The van der Waals surface area contributed by atoms with Crippen LogP contribution < -0.4 is 14.8 Å². The molecule has 1 aliphatic heterocycles. The van der Waals surface area contributed by atoms with E-state index in [0.717, 1.165) is 52.8 Å². The highest BCUT2D eigenvalue weighted by Crippen LogP contribution is 2.31. The number of aryl methyl sites for hydroxylation is 1. The van der Waals surface area contributed by atoms with Crippen LogP contribution in [0.5, 0.6) is 11.5 Å². The van der Waals surface area contributed by atoms with Gasteiger partial charge in [0.15, 0.2) is 11.5 Å². The summed E-state index contributed by atoms with van der Waals surface area (Å²) in [6, 6.07) is 13.4. The maximum absolute atomic E-state index is 13.4. The molecule has 0 spiro atoms. The van der Waals surface area contributed by atoms with Gasteiger partial charge in [0.2, 0.25) is 11.8 Å². The van der Waals surface area contributed by atoms with E-state index in [1.54, 1.807) is 4.90 Å². The van der Waals surface area contributed by atoms with Crippen LogP contribution in [0, 0.1) is 0 Å². The van der Waals surface area contributed by atoms with Gasteiger partial charge < -0.3 is 19.7 Å². The first-order chi connectivity index (χ1) is 16.5. The van der Waals surface area contributed by atoms with Crippen molar-refractivity contribution in [3.8, 4) is 11.5 Å². The van der Waals surface area contributed by atoms with Gasteiger partial charge >= 0.3 is 0 Å². The predicted molar refractivity (Wildman–Crippen MR) is 135 cm³/mol. The Labute approximate surface area is 210 Å². The third kappa shape index (κ3) is 6.53. The lowest BCUT2D eigenvalue weighted by Gasteiger charge is -2.31. The zero-order chi connectivity index (χ0) is 23.9. The van der Waals surface area contributed by atoms with Crippen LogP contribution in [-0.2, 0) is 22.6 Å². The second-order valence-electron chi connectivity index (χ2n) is 9.15. The summed E-state index contributed by atoms with van der Waals surface area (Å²) in [7, 11) is 0. The Morgan fingerprint density at radius 3 is 2.41 bits per heavy atom. The number of hydrogen-bond acceptors (Lipinski definition) is 4. The molecule has 1 aliphatic carbocycles. The maximum Gasteiger partial charge on any atom is 0.242 e. The molecule has 0 radical (unpaired) electrons. The fourth-order valence-corrected chi connectivity index (χ4v) is 4.84. The van der Waals surface area contributed by atoms with E-state index in [2.05, 4.69) is 21.2 Å². The van der Waals surface area contributed by atoms with Gasteiger partial charge in [-0.2, -0.15) is 0 Å². The van der Waals surface area contributed by atoms with Crippen molar-refractivity contribution in [3.63, 3.8) is 0 Å². The quantitative estimate of drug-likeness (QED) is 0.522. The Morgan fingerprint density at radius 2 is 1.68 bits per heavy atom. The third-order valence-electron chi connectivity index (χ3n) is 6.62. The first-order valence-electron chi connectivity index (χ1n) is 12.2. The first kappa shape index (κ1) is 24.6. The highest BCUT2D eigenvalue weighted by atomic mass is 79.9. The molecule has 2 aromatic rings. The molecule has 4 rings (SSSR count). The molecule has 34 heavy (non-hydrogen) atoms. The molecule has 0 saturated heterocycles. The predicted octanol–water partition coefficient (Wildman–Crippen LogP) is 5.02. The van der Waals surface area contributed by atoms with Crippen LogP contribution in [-0.4, -0.2) is 42.0 Å². The van der Waals surface area contributed by atoms with E-state index in [1.807, 2.05) is 49.4 Å². The first-order valence-corrected chi connectivity index (χ1v) is 13.0. The topological polar surface area (TPSA) is 67.9 Å². The van der Waals surface area contributed by atoms with E-state index in [4.69, 9.17) is 9.47 Å². The molecule has 1 heterocycles. The molecule has 1 fully saturated rings. The standard InChI is InChI=1S/C27H33BrN2O4/c1-19(27(32)29-23-5-3-2-4-6-23)30(18-21-7-11-22(28)12-8-21)26(31)14-10-20-9-13-24-25(17-20)34-16-15-33-24/h7-9,11-13,17,19,23H,2-6,10,14-16,18H2,1H3,(H,29,32)/t19-/m0/s1. The van der Waals surface area contributed by atoms with Gasteiger partial charge in [0.25, 0.3) is 0 Å². The zero-order valence-corrected chi connectivity index (χ0v) is 21.3. The van der Waals surface area contributed by atoms with Crippen LogP contribution in [0.25, 0.3) is 0 Å². The second kappa shape index (κ2) is 11.7. The van der Waals surface area contributed by atoms with E-state index >= 15 is 0 Å². The van der Waals surface area contributed by atoms with Crippen LogP contribution in [0.15, 0.2) is 46.9 Å². The molecular formula is C27H33BrN2O4. The summed E-state index contributed by atoms with van der Waals surface area (Å²) in [6.07, 6.45) is 6.45. The van der Waals surface area contributed by atoms with E-state index in [1.165, 1.54) is 6.42 Å². The molecular weight excluding hydrogens is 496 g/mol. The molecule has 1 saturated carbocycles. The number of ether oxygens (including phenoxy) is 2. The highest BCUT2D eigenvalue weighted by Gasteiger charge is 2.28. The van der Waals surface area contributed by atoms with Gasteiger partial charge in [-0.1, -0.05) is 53.4 Å². The van der Waals surface area contributed by atoms with Crippen LogP contribution >= 0.6 is 15.9 Å². The normalized spacial score (nSPS) is 16.5. The van der Waals surface area contributed by atoms with Gasteiger partial charge in [-0.3, -0.25) is 9.59 Å². The summed E-state index contributed by atoms with van der Waals surface area (Å²) in [5, 5.41) is 3.19. The van der Waals surface area contributed by atoms with Crippen molar-refractivity contribution in [2.75, 3.05) is 13.2 Å². The molecule has 0 unspecified atom stereocenters. The Balaban J connectivity index is 1.44. The molecule has 182 valence electrons. The number of hydrogen-bond donors (Lipinski definition) is 1. The molecule has 2 aliphatic rings. The summed E-state index contributed by atoms with van der Waals surface area (Å²) in [5.41, 5.74) is 2.01. The maximum atomic E-state index is 13.4. The summed E-state index contributed by atoms with van der Waals surface area (Å²) in [6.45, 7) is 3.31. The van der Waals surface area contributed by atoms with Gasteiger partial charge in [0.05, 0.1) is 0 Å². The van der Waals surface area contributed by atoms with Gasteiger partial charge in [0.1, 0.15) is 19.3 Å². The summed E-state index contributed by atoms with van der Waals surface area (Å²) in [5.74, 6) is 1.36. The number of benzene rings is 2. The smallest absolute Gasteiger partial charge is 0.242 e. The third-order valence-corrected chi connectivity index (χ3v) is 7.15. The highest BCUT2D eigenvalue weighted by molar-refractivity contribution is 9.10. The van der Waals surface area contributed by atoms with Gasteiger partial charge in [-0.25, -0.2) is 0 Å². The fraction of sp³-hybridized carbons (Fsp3) is 0.481. The van der Waals surface area contributed by atoms with Crippen molar-refractivity contribution in [1.29, 1.82) is 0 Å². The number of nitrogens with one attached hydrogen (secondary N) is 1. The lowest BCUT2D eigenvalue weighted by Crippen LogP contribution is -2.50. The Morgan fingerprint density at radius 1 is 1.00 bits per heavy atom. The van der Waals surface area contributed by atoms with E-state index < -0.39 is 6.04 Å². The minimum atomic E-state index is -0.543. The van der Waals surface area contributed by atoms with Crippen LogP contribution in [0.4, 0.5) is 0 Å². The van der Waals surface area contributed by atoms with E-state index in [-0.39, 0.29) is 17.9 Å². The number of amides is 2. The van der Waals surface area contributed by atoms with Crippen LogP contribution in [0.3, 0.4) is 0 Å². The minimum absolute atomic E-state index is 0.0379. The van der Waals surface area contributed by atoms with Crippen molar-refractivity contribution in [2.24, 2.45) is 0 Å². The molecule has 6 nitrogen and oxygen atoms in total. The number of carbonyl (C=O) groups excluding carboxylic acids is 2. The number of carbonyl (C=O) groups is 2. The minimum Gasteiger partial charge on any atom is -0.486 e. The molecule has 2 amide bonds. The zero-order valence-electron chi connectivity index (χ0n) is 19.7. The van der Waals surface area contributed by atoms with Crippen LogP contribution in [0.2, 0.25) is 0 Å². The summed E-state index contributed by atoms with van der Waals surface area (Å²) in [4.78, 5) is 28.2. The summed E-state index contributed by atoms with van der Waals surface area (Å²) < 4.78 is 12.2. The molecule has 1 atom stereocenters. The van der Waals surface area contributed by atoms with E-state index in [0.29, 0.717) is 32.6 Å². The largest absolute Gasteiger partial charge is 0.486 e. The fourth-order valence-electron chi connectivity index (χ4n) is 4.58. The Kier molecular flexibility index (Phi) is 8.48. The lowest BCUT2D eigenvalue weighted by atomic mass is 9.95. The monoisotopic (exact) mass is 528 g/mol. The number of fused-ring (bicyclic) bond motifs is 1. The average Bonchev–Trinajstić information content (AvgIpc) is 2.87. The van der Waals surface area contributed by atoms with Gasteiger partial charge in [-0.15, -0.1) is 0 Å². The molecule has 0 aromatic heterocycles. The van der Waals surface area contributed by atoms with Crippen LogP contribution in [0.1, 0.15) is 56.6 Å². The number of rotatable bonds is 8. The number of nitrogens with zero attached hydrogens (tertiary/aromatic N) is 1. The van der Waals surface area contributed by atoms with Crippen molar-refractivity contribution in [2.45, 2.75) is 70.5 Å². The Hall–Kier alpha value is -2.54. The Bertz CT molecular complexity index is 989. The van der Waals surface area contributed by atoms with Crippen molar-refractivity contribution in [3.05, 3.63) is 58.1 Å². The molecule has 2 aromatic carbocycles. The molecule has 7 heteroatoms. The van der Waals surface area contributed by atoms with Gasteiger partial charge in [0, 0.05) is 23.5 Å². The van der Waals surface area contributed by atoms with Gasteiger partial charge in [-0.05, 0) is 61.6 Å². The van der Waals surface area contributed by atoms with Crippen molar-refractivity contribution < 1.29 is 19.1 Å². The number of halogens is 1. The molecule has 1 N–H and O–H groups in total. The van der Waals surface area contributed by atoms with E-state index in [9.17, 15) is 9.59 Å². The van der Waals surface area contributed by atoms with Crippen molar-refractivity contribution >= 4 is 27.7 Å². The summed E-state index contributed by atoms with van der Waals surface area (Å²) >= 11 is 3.46. The SMILES string of the molecule is C[C@@H](C(=O)NC1CCCCC1)N(Cc1ccc(Br)cc1)C(=O)CCc1ccc2c(c1)OCCO2. The van der Waals surface area contributed by atoms with Crippen molar-refractivity contribution in [1.82, 2.24) is 10.2 Å². The average molecular weight is 529 g/mol. The molecule has 0 bridgehead atoms.